The predicted molar refractivity (Wildman–Crippen MR) is 64.3 cm³/mol. The van der Waals surface area contributed by atoms with E-state index in [4.69, 9.17) is 5.11 Å². The molecule has 0 aliphatic carbocycles. The molecule has 1 atom stereocenters. The van der Waals surface area contributed by atoms with Gasteiger partial charge in [-0.25, -0.2) is 0 Å². The molecule has 0 aliphatic heterocycles. The van der Waals surface area contributed by atoms with Crippen LogP contribution in [0.4, 0.5) is 0 Å². The van der Waals surface area contributed by atoms with Crippen LogP contribution in [0.2, 0.25) is 0 Å². The smallest absolute Gasteiger partial charge is 0.305 e. The van der Waals surface area contributed by atoms with Crippen molar-refractivity contribution < 1.29 is 9.90 Å². The van der Waals surface area contributed by atoms with Gasteiger partial charge in [-0.15, -0.1) is 0 Å². The first kappa shape index (κ1) is 12.7. The summed E-state index contributed by atoms with van der Waals surface area (Å²) in [6, 6.07) is 9.62. The second-order valence-electron chi connectivity index (χ2n) is 4.36. The molecule has 0 aliphatic rings. The van der Waals surface area contributed by atoms with E-state index in [1.807, 2.05) is 30.3 Å². The second kappa shape index (κ2) is 6.28. The Morgan fingerprint density at radius 3 is 2.44 bits per heavy atom. The van der Waals surface area contributed by atoms with Crippen molar-refractivity contribution in [2.75, 3.05) is 6.54 Å². The average Bonchev–Trinajstić information content (AvgIpc) is 2.25. The van der Waals surface area contributed by atoms with Crippen molar-refractivity contribution in [3.8, 4) is 0 Å². The Morgan fingerprint density at radius 1 is 1.31 bits per heavy atom. The lowest BCUT2D eigenvalue weighted by Gasteiger charge is -2.18. The number of hydrogen-bond acceptors (Lipinski definition) is 2. The standard InChI is InChI=1S/C13H19NO2/c1-10(2)9-14-12(8-13(15)16)11-6-4-3-5-7-11/h3-7,10,12,14H,8-9H2,1-2H3,(H,15,16). The van der Waals surface area contributed by atoms with Crippen molar-refractivity contribution in [2.45, 2.75) is 26.3 Å². The maximum atomic E-state index is 10.8. The first-order valence-electron chi connectivity index (χ1n) is 5.59. The van der Waals surface area contributed by atoms with Crippen LogP contribution in [-0.2, 0) is 4.79 Å². The summed E-state index contributed by atoms with van der Waals surface area (Å²) in [4.78, 5) is 10.8. The molecule has 88 valence electrons. The van der Waals surface area contributed by atoms with Gasteiger partial charge in [-0.1, -0.05) is 44.2 Å². The van der Waals surface area contributed by atoms with Gasteiger partial charge in [-0.3, -0.25) is 4.79 Å². The van der Waals surface area contributed by atoms with E-state index in [1.165, 1.54) is 0 Å². The van der Waals surface area contributed by atoms with Crippen LogP contribution in [0.3, 0.4) is 0 Å². The number of nitrogens with one attached hydrogen (secondary N) is 1. The number of carbonyl (C=O) groups is 1. The first-order valence-corrected chi connectivity index (χ1v) is 5.59. The van der Waals surface area contributed by atoms with Crippen LogP contribution >= 0.6 is 0 Å². The fourth-order valence-electron chi connectivity index (χ4n) is 1.55. The number of carboxylic acid groups (broad SMARTS) is 1. The third-order valence-corrected chi connectivity index (χ3v) is 2.35. The van der Waals surface area contributed by atoms with Crippen molar-refractivity contribution in [3.05, 3.63) is 35.9 Å². The fourth-order valence-corrected chi connectivity index (χ4v) is 1.55. The van der Waals surface area contributed by atoms with Gasteiger partial charge < -0.3 is 10.4 Å². The van der Waals surface area contributed by atoms with Crippen molar-refractivity contribution >= 4 is 5.97 Å². The number of aliphatic carboxylic acids is 1. The quantitative estimate of drug-likeness (QED) is 0.775. The van der Waals surface area contributed by atoms with E-state index >= 15 is 0 Å². The highest BCUT2D eigenvalue weighted by Crippen LogP contribution is 2.16. The Bertz CT molecular complexity index is 322. The second-order valence-corrected chi connectivity index (χ2v) is 4.36. The molecule has 0 amide bonds. The van der Waals surface area contributed by atoms with E-state index in [2.05, 4.69) is 19.2 Å². The summed E-state index contributed by atoms with van der Waals surface area (Å²) in [5.41, 5.74) is 1.03. The molecule has 0 saturated carbocycles. The third-order valence-electron chi connectivity index (χ3n) is 2.35. The fraction of sp³-hybridized carbons (Fsp3) is 0.462. The molecule has 16 heavy (non-hydrogen) atoms. The molecule has 0 saturated heterocycles. The summed E-state index contributed by atoms with van der Waals surface area (Å²) in [5, 5.41) is 12.2. The SMILES string of the molecule is CC(C)CNC(CC(=O)O)c1ccccc1. The molecule has 1 aromatic carbocycles. The number of rotatable bonds is 6. The van der Waals surface area contributed by atoms with Crippen molar-refractivity contribution in [1.29, 1.82) is 0 Å². The van der Waals surface area contributed by atoms with Crippen LogP contribution in [0.25, 0.3) is 0 Å². The normalized spacial score (nSPS) is 12.7. The highest BCUT2D eigenvalue weighted by atomic mass is 16.4. The molecule has 2 N–H and O–H groups in total. The first-order chi connectivity index (χ1) is 7.59. The monoisotopic (exact) mass is 221 g/mol. The van der Waals surface area contributed by atoms with Crippen LogP contribution < -0.4 is 5.32 Å². The zero-order chi connectivity index (χ0) is 12.0. The topological polar surface area (TPSA) is 49.3 Å². The number of hydrogen-bond donors (Lipinski definition) is 2. The maximum absolute atomic E-state index is 10.8. The molecule has 0 aromatic heterocycles. The molecule has 1 aromatic rings. The van der Waals surface area contributed by atoms with Gasteiger partial charge in [0, 0.05) is 6.04 Å². The van der Waals surface area contributed by atoms with Crippen LogP contribution in [0.1, 0.15) is 31.9 Å². The summed E-state index contributed by atoms with van der Waals surface area (Å²) in [6.07, 6.45) is 0.122. The molecule has 1 unspecified atom stereocenters. The molecule has 0 radical (unpaired) electrons. The lowest BCUT2D eigenvalue weighted by molar-refractivity contribution is -0.137. The van der Waals surface area contributed by atoms with Gasteiger partial charge in [-0.05, 0) is 18.0 Å². The van der Waals surface area contributed by atoms with Gasteiger partial charge in [0.15, 0.2) is 0 Å². The van der Waals surface area contributed by atoms with Gasteiger partial charge in [0.1, 0.15) is 0 Å². The molecule has 0 fully saturated rings. The minimum atomic E-state index is -0.773. The minimum Gasteiger partial charge on any atom is -0.481 e. The Hall–Kier alpha value is -1.35. The van der Waals surface area contributed by atoms with E-state index in [0.29, 0.717) is 5.92 Å². The molecule has 1 rings (SSSR count). The van der Waals surface area contributed by atoms with Crippen LogP contribution in [0.15, 0.2) is 30.3 Å². The Labute approximate surface area is 96.5 Å². The van der Waals surface area contributed by atoms with E-state index in [0.717, 1.165) is 12.1 Å². The molecular formula is C13H19NO2. The van der Waals surface area contributed by atoms with E-state index in [9.17, 15) is 4.79 Å². The summed E-state index contributed by atoms with van der Waals surface area (Å²) < 4.78 is 0. The Morgan fingerprint density at radius 2 is 1.94 bits per heavy atom. The van der Waals surface area contributed by atoms with Gasteiger partial charge >= 0.3 is 5.97 Å². The Kier molecular flexibility index (Phi) is 4.99. The number of benzene rings is 1. The Balaban J connectivity index is 2.67. The van der Waals surface area contributed by atoms with Gasteiger partial charge in [0.2, 0.25) is 0 Å². The van der Waals surface area contributed by atoms with Gasteiger partial charge in [0.25, 0.3) is 0 Å². The average molecular weight is 221 g/mol. The molecule has 3 nitrogen and oxygen atoms in total. The zero-order valence-electron chi connectivity index (χ0n) is 9.81. The predicted octanol–water partition coefficient (Wildman–Crippen LogP) is 2.45. The lowest BCUT2D eigenvalue weighted by atomic mass is 10.0. The number of carboxylic acids is 1. The summed E-state index contributed by atoms with van der Waals surface area (Å²) in [7, 11) is 0. The largest absolute Gasteiger partial charge is 0.481 e. The van der Waals surface area contributed by atoms with Crippen LogP contribution in [0.5, 0.6) is 0 Å². The highest BCUT2D eigenvalue weighted by molar-refractivity contribution is 5.67. The van der Waals surface area contributed by atoms with Crippen molar-refractivity contribution in [3.63, 3.8) is 0 Å². The molecule has 0 bridgehead atoms. The van der Waals surface area contributed by atoms with Crippen LogP contribution in [0, 0.1) is 5.92 Å². The van der Waals surface area contributed by atoms with Crippen LogP contribution in [-0.4, -0.2) is 17.6 Å². The van der Waals surface area contributed by atoms with E-state index < -0.39 is 5.97 Å². The summed E-state index contributed by atoms with van der Waals surface area (Å²) in [6.45, 7) is 5.04. The van der Waals surface area contributed by atoms with E-state index in [1.54, 1.807) is 0 Å². The van der Waals surface area contributed by atoms with Gasteiger partial charge in [0.05, 0.1) is 6.42 Å². The van der Waals surface area contributed by atoms with Crippen molar-refractivity contribution in [2.24, 2.45) is 5.92 Å². The van der Waals surface area contributed by atoms with Gasteiger partial charge in [-0.2, -0.15) is 0 Å². The lowest BCUT2D eigenvalue weighted by Crippen LogP contribution is -2.27. The molecule has 0 heterocycles. The highest BCUT2D eigenvalue weighted by Gasteiger charge is 2.14. The third kappa shape index (κ3) is 4.45. The summed E-state index contributed by atoms with van der Waals surface area (Å²) >= 11 is 0. The summed E-state index contributed by atoms with van der Waals surface area (Å²) in [5.74, 6) is -0.259. The van der Waals surface area contributed by atoms with Crippen molar-refractivity contribution in [1.82, 2.24) is 5.32 Å². The van der Waals surface area contributed by atoms with E-state index in [-0.39, 0.29) is 12.5 Å². The molecule has 3 heteroatoms. The molecular weight excluding hydrogens is 202 g/mol. The minimum absolute atomic E-state index is 0.0962. The zero-order valence-corrected chi connectivity index (χ0v) is 9.81. The molecule has 0 spiro atoms. The maximum Gasteiger partial charge on any atom is 0.305 e.